The third-order valence-corrected chi connectivity index (χ3v) is 6.06. The van der Waals surface area contributed by atoms with Crippen LogP contribution >= 0.6 is 23.2 Å². The molecule has 0 aliphatic carbocycles. The van der Waals surface area contributed by atoms with Crippen molar-refractivity contribution in [3.05, 3.63) is 69.0 Å². The summed E-state index contributed by atoms with van der Waals surface area (Å²) in [6.07, 6.45) is 0. The molecule has 0 saturated carbocycles. The number of carbonyl (C=O) groups is 1. The second-order valence-corrected chi connectivity index (χ2v) is 8.24. The Hall–Kier alpha value is -2.04. The number of amides is 1. The number of carbonyl (C=O) groups excluding carboxylic acids is 1. The van der Waals surface area contributed by atoms with E-state index in [-0.39, 0.29) is 11.9 Å². The van der Waals surface area contributed by atoms with Gasteiger partial charge in [-0.1, -0.05) is 41.4 Å². The third kappa shape index (κ3) is 3.19. The van der Waals surface area contributed by atoms with Crippen LogP contribution in [0.4, 0.5) is 4.39 Å². The molecule has 0 N–H and O–H groups in total. The van der Waals surface area contributed by atoms with Gasteiger partial charge in [-0.25, -0.2) is 4.39 Å². The fourth-order valence-corrected chi connectivity index (χ4v) is 4.49. The van der Waals surface area contributed by atoms with Crippen molar-refractivity contribution in [1.82, 2.24) is 4.90 Å². The number of hydrogen-bond donors (Lipinski definition) is 0. The Labute approximate surface area is 174 Å². The molecule has 28 heavy (non-hydrogen) atoms. The zero-order valence-corrected chi connectivity index (χ0v) is 18.0. The highest BCUT2D eigenvalue weighted by molar-refractivity contribution is 6.37. The number of methoxy groups -OCH3 is 1. The van der Waals surface area contributed by atoms with E-state index in [4.69, 9.17) is 27.9 Å². The van der Waals surface area contributed by atoms with Crippen LogP contribution in [0.3, 0.4) is 0 Å². The summed E-state index contributed by atoms with van der Waals surface area (Å²) in [5.41, 5.74) is 1.59. The lowest BCUT2D eigenvalue weighted by Gasteiger charge is -2.40. The molecule has 0 spiro atoms. The molecular weight excluding hydrogens is 400 g/mol. The highest BCUT2D eigenvalue weighted by atomic mass is 35.5. The molecule has 0 radical (unpaired) electrons. The van der Waals surface area contributed by atoms with Crippen molar-refractivity contribution >= 4 is 34.7 Å². The maximum Gasteiger partial charge on any atom is 0.255 e. The molecule has 2 aromatic carbocycles. The minimum atomic E-state index is -0.732. The Balaban J connectivity index is 2.08. The van der Waals surface area contributed by atoms with Gasteiger partial charge in [0.15, 0.2) is 5.75 Å². The highest BCUT2D eigenvalue weighted by Gasteiger charge is 2.44. The average molecular weight is 422 g/mol. The van der Waals surface area contributed by atoms with Gasteiger partial charge in [0.05, 0.1) is 34.3 Å². The molecule has 2 aromatic rings. The average Bonchev–Trinajstić information content (AvgIpc) is 2.85. The van der Waals surface area contributed by atoms with E-state index in [2.05, 4.69) is 0 Å². The van der Waals surface area contributed by atoms with Gasteiger partial charge in [-0.3, -0.25) is 4.79 Å². The minimum Gasteiger partial charge on any atom is -0.494 e. The Bertz CT molecular complexity index is 961. The molecule has 0 aromatic heterocycles. The zero-order chi connectivity index (χ0) is 20.8. The van der Waals surface area contributed by atoms with E-state index in [1.54, 1.807) is 35.2 Å². The van der Waals surface area contributed by atoms with Crippen LogP contribution in [0.25, 0.3) is 5.57 Å². The molecule has 0 saturated heterocycles. The summed E-state index contributed by atoms with van der Waals surface area (Å²) in [6, 6.07) is 9.64. The maximum atomic E-state index is 14.4. The Kier molecular flexibility index (Phi) is 5.48. The van der Waals surface area contributed by atoms with Crippen LogP contribution in [0, 0.1) is 5.82 Å². The molecule has 3 rings (SSSR count). The molecule has 1 aliphatic rings. The Morgan fingerprint density at radius 1 is 1.14 bits per heavy atom. The standard InChI is InChI=1S/C22H22Cl2FNO2/c1-12-13(2)26(21(27)19(12)15-8-6-7-9-18(15)25)22(3,4)14-10-16(23)20(28-5)17(24)11-14/h6-11,13H,1-5H3. The maximum absolute atomic E-state index is 14.4. The molecule has 148 valence electrons. The van der Waals surface area contributed by atoms with E-state index in [1.807, 2.05) is 27.7 Å². The van der Waals surface area contributed by atoms with Gasteiger partial charge < -0.3 is 9.64 Å². The van der Waals surface area contributed by atoms with Gasteiger partial charge >= 0.3 is 0 Å². The molecule has 1 amide bonds. The molecule has 1 unspecified atom stereocenters. The van der Waals surface area contributed by atoms with Gasteiger partial charge in [0, 0.05) is 5.56 Å². The number of nitrogens with zero attached hydrogens (tertiary/aromatic N) is 1. The predicted molar refractivity (Wildman–Crippen MR) is 111 cm³/mol. The summed E-state index contributed by atoms with van der Waals surface area (Å²) >= 11 is 12.6. The number of halogens is 3. The van der Waals surface area contributed by atoms with Gasteiger partial charge in [0.1, 0.15) is 5.82 Å². The quantitative estimate of drug-likeness (QED) is 0.598. The highest BCUT2D eigenvalue weighted by Crippen LogP contribution is 2.44. The van der Waals surface area contributed by atoms with Gasteiger partial charge in [0.2, 0.25) is 0 Å². The topological polar surface area (TPSA) is 29.5 Å². The first-order valence-electron chi connectivity index (χ1n) is 8.94. The van der Waals surface area contributed by atoms with Crippen LogP contribution in [0.15, 0.2) is 42.0 Å². The number of hydrogen-bond acceptors (Lipinski definition) is 2. The number of rotatable bonds is 4. The van der Waals surface area contributed by atoms with Gasteiger partial charge in [-0.15, -0.1) is 0 Å². The second kappa shape index (κ2) is 7.41. The van der Waals surface area contributed by atoms with Crippen LogP contribution in [-0.4, -0.2) is 24.0 Å². The molecule has 6 heteroatoms. The fourth-order valence-electron chi connectivity index (χ4n) is 3.84. The second-order valence-electron chi connectivity index (χ2n) is 7.42. The van der Waals surface area contributed by atoms with Crippen LogP contribution in [-0.2, 0) is 10.3 Å². The van der Waals surface area contributed by atoms with Crippen LogP contribution in [0.2, 0.25) is 10.0 Å². The van der Waals surface area contributed by atoms with E-state index < -0.39 is 11.4 Å². The Morgan fingerprint density at radius 2 is 1.71 bits per heavy atom. The van der Waals surface area contributed by atoms with Crippen molar-refractivity contribution in [2.24, 2.45) is 0 Å². The van der Waals surface area contributed by atoms with Crippen molar-refractivity contribution in [1.29, 1.82) is 0 Å². The van der Waals surface area contributed by atoms with Gasteiger partial charge in [-0.2, -0.15) is 0 Å². The summed E-state index contributed by atoms with van der Waals surface area (Å²) in [5.74, 6) is -0.235. The fraction of sp³-hybridized carbons (Fsp3) is 0.318. The smallest absolute Gasteiger partial charge is 0.255 e. The molecule has 3 nitrogen and oxygen atoms in total. The predicted octanol–water partition coefficient (Wildman–Crippen LogP) is 6.08. The zero-order valence-electron chi connectivity index (χ0n) is 16.4. The lowest BCUT2D eigenvalue weighted by Crippen LogP contribution is -2.47. The van der Waals surface area contributed by atoms with Crippen molar-refractivity contribution in [3.63, 3.8) is 0 Å². The number of benzene rings is 2. The van der Waals surface area contributed by atoms with Crippen molar-refractivity contribution in [2.45, 2.75) is 39.3 Å². The largest absolute Gasteiger partial charge is 0.494 e. The summed E-state index contributed by atoms with van der Waals surface area (Å²) in [4.78, 5) is 15.2. The minimum absolute atomic E-state index is 0.211. The third-order valence-electron chi connectivity index (χ3n) is 5.50. The van der Waals surface area contributed by atoms with E-state index in [1.165, 1.54) is 13.2 Å². The van der Waals surface area contributed by atoms with Crippen molar-refractivity contribution in [3.8, 4) is 5.75 Å². The normalized spacial score (nSPS) is 17.5. The number of ether oxygens (including phenoxy) is 1. The summed E-state index contributed by atoms with van der Waals surface area (Å²) in [6.45, 7) is 7.66. The Morgan fingerprint density at radius 3 is 2.25 bits per heavy atom. The molecule has 0 bridgehead atoms. The van der Waals surface area contributed by atoms with Crippen LogP contribution < -0.4 is 4.74 Å². The van der Waals surface area contributed by atoms with E-state index in [0.29, 0.717) is 26.9 Å². The van der Waals surface area contributed by atoms with E-state index >= 15 is 0 Å². The van der Waals surface area contributed by atoms with Crippen LogP contribution in [0.1, 0.15) is 38.8 Å². The lowest BCUT2D eigenvalue weighted by atomic mass is 9.90. The molecule has 0 fully saturated rings. The van der Waals surface area contributed by atoms with Crippen LogP contribution in [0.5, 0.6) is 5.75 Å². The van der Waals surface area contributed by atoms with Gasteiger partial charge in [0.25, 0.3) is 5.91 Å². The van der Waals surface area contributed by atoms with E-state index in [0.717, 1.165) is 11.1 Å². The lowest BCUT2D eigenvalue weighted by molar-refractivity contribution is -0.130. The molecular formula is C22H22Cl2FNO2. The van der Waals surface area contributed by atoms with Crippen molar-refractivity contribution < 1.29 is 13.9 Å². The first-order valence-corrected chi connectivity index (χ1v) is 9.69. The van der Waals surface area contributed by atoms with E-state index in [9.17, 15) is 9.18 Å². The van der Waals surface area contributed by atoms with Crippen molar-refractivity contribution in [2.75, 3.05) is 7.11 Å². The first-order chi connectivity index (χ1) is 13.1. The summed E-state index contributed by atoms with van der Waals surface area (Å²) in [7, 11) is 1.50. The molecule has 1 aliphatic heterocycles. The van der Waals surface area contributed by atoms with Gasteiger partial charge in [-0.05, 0) is 57.0 Å². The molecule has 1 heterocycles. The summed E-state index contributed by atoms with van der Waals surface area (Å²) < 4.78 is 19.6. The first kappa shape index (κ1) is 20.7. The SMILES string of the molecule is COc1c(Cl)cc(C(C)(C)N2C(=O)C(c3ccccc3F)=C(C)C2C)cc1Cl. The summed E-state index contributed by atoms with van der Waals surface area (Å²) in [5, 5.41) is 0.743. The monoisotopic (exact) mass is 421 g/mol. The molecule has 1 atom stereocenters.